The Morgan fingerprint density at radius 2 is 1.20 bits per heavy atom. The number of ether oxygens (including phenoxy) is 4. The third-order valence-electron chi connectivity index (χ3n) is 8.79. The Bertz CT molecular complexity index is 1780. The molecule has 0 N–H and O–H groups in total. The number of benzene rings is 5. The van der Waals surface area contributed by atoms with Crippen LogP contribution in [0.25, 0.3) is 28.0 Å². The average molecular weight is 541 g/mol. The summed E-state index contributed by atoms with van der Waals surface area (Å²) in [6.07, 6.45) is 4.43. The third kappa shape index (κ3) is 3.60. The van der Waals surface area contributed by atoms with Gasteiger partial charge in [0.1, 0.15) is 23.0 Å². The van der Waals surface area contributed by atoms with Crippen molar-refractivity contribution >= 4 is 16.8 Å². The average Bonchev–Trinajstić information content (AvgIpc) is 3.27. The van der Waals surface area contributed by atoms with E-state index < -0.39 is 5.60 Å². The first-order valence-electron chi connectivity index (χ1n) is 13.9. The maximum Gasteiger partial charge on any atom is 0.178 e. The Morgan fingerprint density at radius 1 is 0.634 bits per heavy atom. The maximum absolute atomic E-state index is 7.40. The third-order valence-corrected chi connectivity index (χ3v) is 8.79. The van der Waals surface area contributed by atoms with E-state index in [0.29, 0.717) is 0 Å². The van der Waals surface area contributed by atoms with Crippen molar-refractivity contribution in [3.05, 3.63) is 125 Å². The van der Waals surface area contributed by atoms with E-state index in [1.54, 1.807) is 21.3 Å². The van der Waals surface area contributed by atoms with Crippen molar-refractivity contribution in [1.82, 2.24) is 0 Å². The van der Waals surface area contributed by atoms with Crippen molar-refractivity contribution < 1.29 is 18.9 Å². The van der Waals surface area contributed by atoms with E-state index in [2.05, 4.69) is 86.7 Å². The van der Waals surface area contributed by atoms with Crippen LogP contribution in [-0.4, -0.2) is 21.3 Å². The standard InChI is InChI=1S/C37H32O4/c1-36(2)32-22-27(40-5)18-19-31(32)33-34(36)29-9-7-6-8-28(29)30-20-21-37(41-35(30)33,23-10-14-25(38-3)15-11-23)24-12-16-26(39-4)17-13-24/h6-22H,1-5H3. The van der Waals surface area contributed by atoms with Gasteiger partial charge in [0.25, 0.3) is 0 Å². The fourth-order valence-corrected chi connectivity index (χ4v) is 6.69. The molecule has 0 spiro atoms. The summed E-state index contributed by atoms with van der Waals surface area (Å²) in [5.74, 6) is 3.35. The molecule has 41 heavy (non-hydrogen) atoms. The lowest BCUT2D eigenvalue weighted by molar-refractivity contribution is 0.162. The molecular weight excluding hydrogens is 508 g/mol. The second-order valence-corrected chi connectivity index (χ2v) is 11.2. The molecule has 1 heterocycles. The second kappa shape index (κ2) is 9.17. The Balaban J connectivity index is 1.54. The molecule has 0 atom stereocenters. The van der Waals surface area contributed by atoms with Gasteiger partial charge in [-0.1, -0.05) is 68.4 Å². The van der Waals surface area contributed by atoms with Gasteiger partial charge in [0, 0.05) is 27.7 Å². The van der Waals surface area contributed by atoms with Crippen molar-refractivity contribution in [2.24, 2.45) is 0 Å². The van der Waals surface area contributed by atoms with Crippen molar-refractivity contribution in [2.75, 3.05) is 21.3 Å². The molecule has 5 aromatic carbocycles. The number of fused-ring (bicyclic) bond motifs is 8. The molecule has 0 bridgehead atoms. The van der Waals surface area contributed by atoms with Crippen LogP contribution in [0.2, 0.25) is 0 Å². The van der Waals surface area contributed by atoms with Gasteiger partial charge < -0.3 is 18.9 Å². The molecule has 2 aliphatic rings. The molecule has 4 nitrogen and oxygen atoms in total. The van der Waals surface area contributed by atoms with Crippen LogP contribution in [0.5, 0.6) is 23.0 Å². The summed E-state index contributed by atoms with van der Waals surface area (Å²) >= 11 is 0. The molecule has 1 aliphatic heterocycles. The molecule has 0 aromatic heterocycles. The maximum atomic E-state index is 7.40. The quantitative estimate of drug-likeness (QED) is 0.224. The van der Waals surface area contributed by atoms with E-state index in [9.17, 15) is 0 Å². The molecule has 0 saturated heterocycles. The first kappa shape index (κ1) is 25.3. The van der Waals surface area contributed by atoms with Crippen LogP contribution in [0, 0.1) is 0 Å². The minimum absolute atomic E-state index is 0.249. The van der Waals surface area contributed by atoms with Gasteiger partial charge in [0.05, 0.1) is 21.3 Å². The van der Waals surface area contributed by atoms with Gasteiger partial charge in [-0.3, -0.25) is 0 Å². The van der Waals surface area contributed by atoms with E-state index in [1.807, 2.05) is 30.3 Å². The first-order valence-corrected chi connectivity index (χ1v) is 13.9. The molecule has 0 radical (unpaired) electrons. The van der Waals surface area contributed by atoms with Crippen LogP contribution in [-0.2, 0) is 11.0 Å². The zero-order chi connectivity index (χ0) is 28.4. The zero-order valence-corrected chi connectivity index (χ0v) is 23.9. The summed E-state index contributed by atoms with van der Waals surface area (Å²) in [5.41, 5.74) is 6.86. The SMILES string of the molecule is COc1ccc(C2(c3ccc(OC)cc3)C=Cc3c(c4c(c5ccccc35)C(C)(C)c3cc(OC)ccc3-4)O2)cc1. The summed E-state index contributed by atoms with van der Waals surface area (Å²) in [7, 11) is 5.09. The molecule has 4 heteroatoms. The van der Waals surface area contributed by atoms with Crippen LogP contribution < -0.4 is 18.9 Å². The van der Waals surface area contributed by atoms with Crippen molar-refractivity contribution in [3.8, 4) is 34.1 Å². The van der Waals surface area contributed by atoms with Gasteiger partial charge in [-0.05, 0) is 76.0 Å². The first-order chi connectivity index (χ1) is 19.9. The van der Waals surface area contributed by atoms with Gasteiger partial charge in [-0.15, -0.1) is 0 Å². The topological polar surface area (TPSA) is 36.9 Å². The lowest BCUT2D eigenvalue weighted by atomic mass is 9.78. The number of rotatable bonds is 5. The predicted octanol–water partition coefficient (Wildman–Crippen LogP) is 8.52. The van der Waals surface area contributed by atoms with Crippen LogP contribution >= 0.6 is 0 Å². The van der Waals surface area contributed by atoms with E-state index in [0.717, 1.165) is 45.3 Å². The van der Waals surface area contributed by atoms with Gasteiger partial charge in [0.2, 0.25) is 0 Å². The zero-order valence-electron chi connectivity index (χ0n) is 23.9. The highest BCUT2D eigenvalue weighted by atomic mass is 16.5. The number of methoxy groups -OCH3 is 3. The predicted molar refractivity (Wildman–Crippen MR) is 164 cm³/mol. The summed E-state index contributed by atoms with van der Waals surface area (Å²) < 4.78 is 24.0. The molecule has 0 saturated carbocycles. The van der Waals surface area contributed by atoms with Crippen molar-refractivity contribution in [2.45, 2.75) is 24.9 Å². The van der Waals surface area contributed by atoms with Gasteiger partial charge in [0.15, 0.2) is 5.60 Å². The number of hydrogen-bond donors (Lipinski definition) is 0. The normalized spacial score (nSPS) is 15.4. The summed E-state index contributed by atoms with van der Waals surface area (Å²) in [5, 5.41) is 2.43. The minimum atomic E-state index is -0.860. The van der Waals surface area contributed by atoms with E-state index in [1.165, 1.54) is 27.5 Å². The molecule has 0 fully saturated rings. The van der Waals surface area contributed by atoms with E-state index in [4.69, 9.17) is 18.9 Å². The molecule has 1 aliphatic carbocycles. The molecular formula is C37H32O4. The Hall–Kier alpha value is -4.70. The minimum Gasteiger partial charge on any atom is -0.497 e. The number of hydrogen-bond acceptors (Lipinski definition) is 4. The second-order valence-electron chi connectivity index (χ2n) is 11.2. The van der Waals surface area contributed by atoms with Gasteiger partial charge in [-0.2, -0.15) is 0 Å². The molecule has 0 amide bonds. The highest BCUT2D eigenvalue weighted by Gasteiger charge is 2.44. The van der Waals surface area contributed by atoms with Crippen LogP contribution in [0.15, 0.2) is 97.1 Å². The Kier molecular flexibility index (Phi) is 5.65. The van der Waals surface area contributed by atoms with Crippen molar-refractivity contribution in [1.29, 1.82) is 0 Å². The summed E-state index contributed by atoms with van der Waals surface area (Å²) in [6.45, 7) is 4.60. The summed E-state index contributed by atoms with van der Waals surface area (Å²) in [4.78, 5) is 0. The summed E-state index contributed by atoms with van der Waals surface area (Å²) in [6, 6.07) is 31.4. The molecule has 0 unspecified atom stereocenters. The van der Waals surface area contributed by atoms with Crippen LogP contribution in [0.4, 0.5) is 0 Å². The largest absolute Gasteiger partial charge is 0.497 e. The molecule has 7 rings (SSSR count). The van der Waals surface area contributed by atoms with E-state index in [-0.39, 0.29) is 5.41 Å². The lowest BCUT2D eigenvalue weighted by Crippen LogP contribution is -2.34. The fourth-order valence-electron chi connectivity index (χ4n) is 6.69. The smallest absolute Gasteiger partial charge is 0.178 e. The Morgan fingerprint density at radius 3 is 1.78 bits per heavy atom. The monoisotopic (exact) mass is 540 g/mol. The Labute approximate surface area is 240 Å². The van der Waals surface area contributed by atoms with Crippen molar-refractivity contribution in [3.63, 3.8) is 0 Å². The highest BCUT2D eigenvalue weighted by Crippen LogP contribution is 2.59. The highest BCUT2D eigenvalue weighted by molar-refractivity contribution is 6.06. The van der Waals surface area contributed by atoms with Gasteiger partial charge >= 0.3 is 0 Å². The molecule has 5 aromatic rings. The fraction of sp³-hybridized carbons (Fsp3) is 0.189. The lowest BCUT2D eigenvalue weighted by Gasteiger charge is -2.38. The van der Waals surface area contributed by atoms with Gasteiger partial charge in [-0.25, -0.2) is 0 Å². The van der Waals surface area contributed by atoms with Crippen LogP contribution in [0.3, 0.4) is 0 Å². The van der Waals surface area contributed by atoms with E-state index >= 15 is 0 Å². The van der Waals surface area contributed by atoms with Crippen LogP contribution in [0.1, 0.15) is 41.7 Å². The molecule has 204 valence electrons.